The van der Waals surface area contributed by atoms with E-state index in [1.165, 1.54) is 20.2 Å². The van der Waals surface area contributed by atoms with Gasteiger partial charge in [0.25, 0.3) is 11.8 Å². The second kappa shape index (κ2) is 8.87. The van der Waals surface area contributed by atoms with Crippen molar-refractivity contribution < 1.29 is 28.8 Å². The second-order valence-corrected chi connectivity index (χ2v) is 10.6. The van der Waals surface area contributed by atoms with Crippen molar-refractivity contribution in [3.05, 3.63) is 64.7 Å². The van der Waals surface area contributed by atoms with E-state index in [0.717, 1.165) is 26.8 Å². The van der Waals surface area contributed by atoms with Gasteiger partial charge in [-0.05, 0) is 67.2 Å². The summed E-state index contributed by atoms with van der Waals surface area (Å²) in [4.78, 5) is 83.6. The molecule has 204 valence electrons. The lowest BCUT2D eigenvalue weighted by Crippen LogP contribution is -2.70. The smallest absolute Gasteiger partial charge is 0.335 e. The van der Waals surface area contributed by atoms with Crippen LogP contribution < -0.4 is 15.1 Å². The molecule has 6 rings (SSSR count). The van der Waals surface area contributed by atoms with E-state index >= 15 is 0 Å². The molecule has 0 saturated carbocycles. The maximum Gasteiger partial charge on any atom is 0.335 e. The highest BCUT2D eigenvalue weighted by Gasteiger charge is 2.63. The third-order valence-corrected chi connectivity index (χ3v) is 8.42. The van der Waals surface area contributed by atoms with E-state index in [-0.39, 0.29) is 18.0 Å². The number of rotatable bonds is 2. The number of fused-ring (bicyclic) bond motifs is 4. The normalized spacial score (nSPS) is 23.3. The molecule has 40 heavy (non-hydrogen) atoms. The molecule has 1 unspecified atom stereocenters. The van der Waals surface area contributed by atoms with Gasteiger partial charge in [0, 0.05) is 26.3 Å². The van der Waals surface area contributed by atoms with E-state index in [1.54, 1.807) is 43.3 Å². The number of aryl methyl sites for hydroxylation is 1. The molecular formula is C29H27N5O6. The summed E-state index contributed by atoms with van der Waals surface area (Å²) in [6.07, 6.45) is 2.91. The fourth-order valence-electron chi connectivity index (χ4n) is 6.48. The number of carbonyl (C=O) groups is 6. The largest absolute Gasteiger partial charge is 0.367 e. The minimum absolute atomic E-state index is 0.0775. The lowest BCUT2D eigenvalue weighted by molar-refractivity contribution is -0.159. The SMILES string of the molecule is Cc1ccccc1N1C(=O)NC(=O)C(=Cc2ccc3c(c2)CC2(C(=O)N(C)C(=O)N(C)C2=O)C2CCCN32)C1=O. The average Bonchev–Trinajstić information content (AvgIpc) is 3.44. The summed E-state index contributed by atoms with van der Waals surface area (Å²) in [5, 5.41) is 2.24. The molecule has 1 atom stereocenters. The molecular weight excluding hydrogens is 514 g/mol. The molecule has 1 spiro atoms. The topological polar surface area (TPSA) is 127 Å². The van der Waals surface area contributed by atoms with Gasteiger partial charge >= 0.3 is 12.1 Å². The minimum Gasteiger partial charge on any atom is -0.367 e. The maximum absolute atomic E-state index is 13.6. The maximum atomic E-state index is 13.6. The van der Waals surface area contributed by atoms with E-state index in [1.807, 2.05) is 6.07 Å². The van der Waals surface area contributed by atoms with Gasteiger partial charge < -0.3 is 4.90 Å². The molecule has 11 nitrogen and oxygen atoms in total. The van der Waals surface area contributed by atoms with Gasteiger partial charge in [0.15, 0.2) is 5.41 Å². The number of hydrogen-bond donors (Lipinski definition) is 1. The Morgan fingerprint density at radius 3 is 2.33 bits per heavy atom. The number of nitrogens with zero attached hydrogens (tertiary/aromatic N) is 4. The molecule has 0 bridgehead atoms. The highest BCUT2D eigenvalue weighted by Crippen LogP contribution is 2.49. The fourth-order valence-corrected chi connectivity index (χ4v) is 6.48. The first-order chi connectivity index (χ1) is 19.1. The lowest BCUT2D eigenvalue weighted by Gasteiger charge is -2.50. The van der Waals surface area contributed by atoms with Crippen molar-refractivity contribution in [2.45, 2.75) is 32.2 Å². The fraction of sp³-hybridized carbons (Fsp3) is 0.310. The summed E-state index contributed by atoms with van der Waals surface area (Å²) in [6.45, 7) is 2.41. The third-order valence-electron chi connectivity index (χ3n) is 8.42. The van der Waals surface area contributed by atoms with Crippen LogP contribution in [-0.2, 0) is 25.6 Å². The first kappa shape index (κ1) is 25.5. The van der Waals surface area contributed by atoms with Crippen LogP contribution in [-0.4, -0.2) is 72.2 Å². The molecule has 4 heterocycles. The van der Waals surface area contributed by atoms with Crippen molar-refractivity contribution in [2.24, 2.45) is 5.41 Å². The van der Waals surface area contributed by atoms with Gasteiger partial charge in [0.05, 0.1) is 11.7 Å². The molecule has 2 aromatic carbocycles. The molecule has 2 aromatic rings. The summed E-state index contributed by atoms with van der Waals surface area (Å²) in [5.41, 5.74) is 1.44. The molecule has 0 aromatic heterocycles. The van der Waals surface area contributed by atoms with Crippen LogP contribution >= 0.6 is 0 Å². The second-order valence-electron chi connectivity index (χ2n) is 10.6. The highest BCUT2D eigenvalue weighted by atomic mass is 16.2. The molecule has 4 aliphatic heterocycles. The van der Waals surface area contributed by atoms with Crippen LogP contribution in [0.3, 0.4) is 0 Å². The zero-order chi connectivity index (χ0) is 28.5. The Morgan fingerprint density at radius 2 is 1.62 bits per heavy atom. The van der Waals surface area contributed by atoms with Crippen molar-refractivity contribution >= 4 is 53.1 Å². The number of imide groups is 4. The van der Waals surface area contributed by atoms with Crippen LogP contribution in [0.2, 0.25) is 0 Å². The quantitative estimate of drug-likeness (QED) is 0.351. The van der Waals surface area contributed by atoms with E-state index < -0.39 is 41.1 Å². The summed E-state index contributed by atoms with van der Waals surface area (Å²) >= 11 is 0. The Morgan fingerprint density at radius 1 is 0.925 bits per heavy atom. The van der Waals surface area contributed by atoms with Crippen molar-refractivity contribution in [1.82, 2.24) is 15.1 Å². The van der Waals surface area contributed by atoms with Crippen molar-refractivity contribution in [1.29, 1.82) is 0 Å². The van der Waals surface area contributed by atoms with Crippen molar-refractivity contribution in [2.75, 3.05) is 30.4 Å². The number of amides is 8. The molecule has 3 fully saturated rings. The van der Waals surface area contributed by atoms with Crippen LogP contribution in [0.25, 0.3) is 6.08 Å². The first-order valence-corrected chi connectivity index (χ1v) is 13.0. The monoisotopic (exact) mass is 541 g/mol. The Kier molecular flexibility index (Phi) is 5.65. The van der Waals surface area contributed by atoms with Crippen LogP contribution in [0, 0.1) is 12.3 Å². The van der Waals surface area contributed by atoms with Gasteiger partial charge in [-0.3, -0.25) is 34.3 Å². The van der Waals surface area contributed by atoms with Crippen molar-refractivity contribution in [3.8, 4) is 0 Å². The molecule has 1 N–H and O–H groups in total. The Bertz CT molecular complexity index is 1550. The minimum atomic E-state index is -1.46. The summed E-state index contributed by atoms with van der Waals surface area (Å²) in [6, 6.07) is 10.4. The number of carbonyl (C=O) groups excluding carboxylic acids is 6. The van der Waals surface area contributed by atoms with E-state index in [9.17, 15) is 28.8 Å². The molecule has 11 heteroatoms. The van der Waals surface area contributed by atoms with Gasteiger partial charge in [-0.2, -0.15) is 0 Å². The number of barbiturate groups is 2. The van der Waals surface area contributed by atoms with Gasteiger partial charge in [0.1, 0.15) is 5.57 Å². The summed E-state index contributed by atoms with van der Waals surface area (Å²) in [7, 11) is 2.78. The average molecular weight is 542 g/mol. The first-order valence-electron chi connectivity index (χ1n) is 13.0. The Hall–Kier alpha value is -4.80. The predicted molar refractivity (Wildman–Crippen MR) is 144 cm³/mol. The summed E-state index contributed by atoms with van der Waals surface area (Å²) < 4.78 is 0. The van der Waals surface area contributed by atoms with Gasteiger partial charge in [-0.1, -0.05) is 24.3 Å². The molecule has 0 radical (unpaired) electrons. The van der Waals surface area contributed by atoms with Crippen LogP contribution in [0.4, 0.5) is 21.0 Å². The van der Waals surface area contributed by atoms with E-state index in [4.69, 9.17) is 0 Å². The number of para-hydroxylation sites is 1. The zero-order valence-electron chi connectivity index (χ0n) is 22.3. The molecule has 0 aliphatic carbocycles. The predicted octanol–water partition coefficient (Wildman–Crippen LogP) is 2.22. The Labute approximate surface area is 230 Å². The van der Waals surface area contributed by atoms with Gasteiger partial charge in [-0.15, -0.1) is 0 Å². The van der Waals surface area contributed by atoms with Crippen LogP contribution in [0.15, 0.2) is 48.0 Å². The standard InChI is InChI=1S/C29H27N5O6/c1-16-7-4-5-8-20(16)34-24(36)19(23(35)30-27(34)39)14-17-10-11-21-18(13-17)15-29(22-9-6-12-33(21)22)25(37)31(2)28(40)32(3)26(29)38/h4-5,7-8,10-11,13-14,22H,6,9,12,15H2,1-3H3,(H,30,35,39). The van der Waals surface area contributed by atoms with Gasteiger partial charge in [0.2, 0.25) is 11.8 Å². The number of benzene rings is 2. The summed E-state index contributed by atoms with van der Waals surface area (Å²) in [5.74, 6) is -2.62. The van der Waals surface area contributed by atoms with Crippen LogP contribution in [0.1, 0.15) is 29.5 Å². The molecule has 8 amide bonds. The number of nitrogens with one attached hydrogen (secondary N) is 1. The number of hydrogen-bond acceptors (Lipinski definition) is 7. The number of anilines is 2. The molecule has 3 saturated heterocycles. The van der Waals surface area contributed by atoms with Crippen LogP contribution in [0.5, 0.6) is 0 Å². The third kappa shape index (κ3) is 3.43. The Balaban J connectivity index is 1.42. The van der Waals surface area contributed by atoms with Crippen molar-refractivity contribution in [3.63, 3.8) is 0 Å². The number of urea groups is 2. The zero-order valence-corrected chi connectivity index (χ0v) is 22.3. The lowest BCUT2D eigenvalue weighted by atomic mass is 9.68. The van der Waals surface area contributed by atoms with E-state index in [2.05, 4.69) is 10.2 Å². The van der Waals surface area contributed by atoms with E-state index in [0.29, 0.717) is 35.3 Å². The highest BCUT2D eigenvalue weighted by molar-refractivity contribution is 6.39. The van der Waals surface area contributed by atoms with Gasteiger partial charge in [-0.25, -0.2) is 14.5 Å². The molecule has 4 aliphatic rings.